The predicted molar refractivity (Wildman–Crippen MR) is 89.9 cm³/mol. The molecule has 0 radical (unpaired) electrons. The average molecular weight is 384 g/mol. The zero-order valence-corrected chi connectivity index (χ0v) is 14.4. The molecule has 0 unspecified atom stereocenters. The van der Waals surface area contributed by atoms with Crippen LogP contribution in [0.4, 0.5) is 0 Å². The predicted octanol–water partition coefficient (Wildman–Crippen LogP) is 2.04. The van der Waals surface area contributed by atoms with Crippen LogP contribution in [-0.4, -0.2) is 37.3 Å². The number of rotatable bonds is 7. The number of pyridine rings is 1. The van der Waals surface area contributed by atoms with E-state index in [2.05, 4.69) is 20.9 Å². The molecule has 0 bridgehead atoms. The summed E-state index contributed by atoms with van der Waals surface area (Å²) in [6.45, 7) is 0.915. The molecule has 1 heterocycles. The molecule has 5 nitrogen and oxygen atoms in total. The van der Waals surface area contributed by atoms with E-state index < -0.39 is 10.0 Å². The van der Waals surface area contributed by atoms with Gasteiger partial charge in [0, 0.05) is 30.3 Å². The van der Waals surface area contributed by atoms with Crippen molar-refractivity contribution in [1.29, 1.82) is 0 Å². The van der Waals surface area contributed by atoms with Gasteiger partial charge in [-0.1, -0.05) is 30.3 Å². The third-order valence-corrected chi connectivity index (χ3v) is 5.46. The first-order valence-electron chi connectivity index (χ1n) is 6.90. The molecule has 2 N–H and O–H groups in total. The first kappa shape index (κ1) is 17.1. The van der Waals surface area contributed by atoms with Crippen LogP contribution in [0.3, 0.4) is 0 Å². The van der Waals surface area contributed by atoms with E-state index in [-0.39, 0.29) is 18.1 Å². The van der Waals surface area contributed by atoms with Gasteiger partial charge in [0.2, 0.25) is 0 Å². The van der Waals surface area contributed by atoms with Crippen molar-refractivity contribution < 1.29 is 8.42 Å². The van der Waals surface area contributed by atoms with E-state index in [0.717, 1.165) is 10.0 Å². The summed E-state index contributed by atoms with van der Waals surface area (Å²) in [4.78, 5) is 3.99. The second kappa shape index (κ2) is 7.82. The van der Waals surface area contributed by atoms with Crippen molar-refractivity contribution in [2.24, 2.45) is 5.73 Å². The van der Waals surface area contributed by atoms with E-state index in [1.54, 1.807) is 6.07 Å². The summed E-state index contributed by atoms with van der Waals surface area (Å²) in [6.07, 6.45) is 2.11. The Morgan fingerprint density at radius 2 is 1.82 bits per heavy atom. The standard InChI is InChI=1S/C15H18BrN3O2S/c16-14-6-7-15(18-12-14)22(20,21)19(11-9-17)10-8-13-4-2-1-3-5-13/h1-7,12H,8-11,17H2. The van der Waals surface area contributed by atoms with Crippen LogP contribution in [0.5, 0.6) is 0 Å². The molecule has 0 saturated carbocycles. The Morgan fingerprint density at radius 1 is 1.09 bits per heavy atom. The van der Waals surface area contributed by atoms with Gasteiger partial charge in [-0.05, 0) is 40.0 Å². The van der Waals surface area contributed by atoms with Gasteiger partial charge in [-0.25, -0.2) is 13.4 Å². The summed E-state index contributed by atoms with van der Waals surface area (Å²) < 4.78 is 27.4. The van der Waals surface area contributed by atoms with Crippen molar-refractivity contribution in [3.05, 3.63) is 58.7 Å². The Morgan fingerprint density at radius 3 is 2.41 bits per heavy atom. The van der Waals surface area contributed by atoms with Gasteiger partial charge in [-0.2, -0.15) is 4.31 Å². The minimum absolute atomic E-state index is 0.0391. The minimum Gasteiger partial charge on any atom is -0.329 e. The largest absolute Gasteiger partial charge is 0.329 e. The molecule has 0 aliphatic carbocycles. The van der Waals surface area contributed by atoms with Crippen molar-refractivity contribution in [2.75, 3.05) is 19.6 Å². The van der Waals surface area contributed by atoms with Crippen LogP contribution in [0.25, 0.3) is 0 Å². The Bertz CT molecular complexity index is 690. The number of nitrogens with zero attached hydrogens (tertiary/aromatic N) is 2. The van der Waals surface area contributed by atoms with Crippen molar-refractivity contribution >= 4 is 26.0 Å². The molecule has 0 amide bonds. The van der Waals surface area contributed by atoms with Crippen molar-refractivity contribution in [3.63, 3.8) is 0 Å². The van der Waals surface area contributed by atoms with Gasteiger partial charge < -0.3 is 5.73 Å². The highest BCUT2D eigenvalue weighted by molar-refractivity contribution is 9.10. The highest BCUT2D eigenvalue weighted by Gasteiger charge is 2.24. The highest BCUT2D eigenvalue weighted by atomic mass is 79.9. The van der Waals surface area contributed by atoms with Crippen LogP contribution in [0.1, 0.15) is 5.56 Å². The van der Waals surface area contributed by atoms with E-state index in [4.69, 9.17) is 5.73 Å². The normalized spacial score (nSPS) is 11.8. The van der Waals surface area contributed by atoms with Crippen molar-refractivity contribution in [3.8, 4) is 0 Å². The average Bonchev–Trinajstić information content (AvgIpc) is 2.52. The molecular formula is C15H18BrN3O2S. The molecule has 0 aliphatic heterocycles. The first-order valence-corrected chi connectivity index (χ1v) is 9.13. The molecular weight excluding hydrogens is 366 g/mol. The fourth-order valence-corrected chi connectivity index (χ4v) is 3.64. The molecule has 1 aromatic carbocycles. The summed E-state index contributed by atoms with van der Waals surface area (Å²) in [5.74, 6) is 0. The van der Waals surface area contributed by atoms with E-state index in [9.17, 15) is 8.42 Å². The number of hydrogen-bond donors (Lipinski definition) is 1. The van der Waals surface area contributed by atoms with Gasteiger partial charge in [0.25, 0.3) is 10.0 Å². The Balaban J connectivity index is 2.17. The second-order valence-corrected chi connectivity index (χ2v) is 7.54. The number of hydrogen-bond acceptors (Lipinski definition) is 4. The van der Waals surface area contributed by atoms with Crippen LogP contribution in [0.15, 0.2) is 58.2 Å². The molecule has 0 spiro atoms. The zero-order valence-electron chi connectivity index (χ0n) is 12.0. The lowest BCUT2D eigenvalue weighted by Crippen LogP contribution is -2.37. The van der Waals surface area contributed by atoms with Crippen LogP contribution in [0.2, 0.25) is 0 Å². The third kappa shape index (κ3) is 4.36. The van der Waals surface area contributed by atoms with E-state index in [1.165, 1.54) is 16.6 Å². The van der Waals surface area contributed by atoms with Crippen molar-refractivity contribution in [1.82, 2.24) is 9.29 Å². The number of nitrogens with two attached hydrogens (primary N) is 1. The van der Waals surface area contributed by atoms with Crippen LogP contribution in [-0.2, 0) is 16.4 Å². The van der Waals surface area contributed by atoms with Gasteiger partial charge in [0.15, 0.2) is 5.03 Å². The first-order chi connectivity index (χ1) is 10.5. The molecule has 118 valence electrons. The van der Waals surface area contributed by atoms with Crippen LogP contribution < -0.4 is 5.73 Å². The number of halogens is 1. The Labute approximate surface area is 139 Å². The van der Waals surface area contributed by atoms with Crippen LogP contribution >= 0.6 is 15.9 Å². The highest BCUT2D eigenvalue weighted by Crippen LogP contribution is 2.16. The molecule has 2 aromatic rings. The summed E-state index contributed by atoms with van der Waals surface area (Å²) in [6, 6.07) is 12.9. The summed E-state index contributed by atoms with van der Waals surface area (Å²) in [5, 5.41) is 0.0391. The third-order valence-electron chi connectivity index (χ3n) is 3.18. The summed E-state index contributed by atoms with van der Waals surface area (Å²) >= 11 is 3.25. The van der Waals surface area contributed by atoms with Gasteiger partial charge >= 0.3 is 0 Å². The Kier molecular flexibility index (Phi) is 6.07. The molecule has 1 aromatic heterocycles. The van der Waals surface area contributed by atoms with E-state index >= 15 is 0 Å². The molecule has 0 saturated heterocycles. The molecule has 7 heteroatoms. The number of benzene rings is 1. The van der Waals surface area contributed by atoms with E-state index in [0.29, 0.717) is 13.0 Å². The molecule has 22 heavy (non-hydrogen) atoms. The maximum Gasteiger partial charge on any atom is 0.260 e. The number of sulfonamides is 1. The van der Waals surface area contributed by atoms with E-state index in [1.807, 2.05) is 30.3 Å². The SMILES string of the molecule is NCCN(CCc1ccccc1)S(=O)(=O)c1ccc(Br)cn1. The van der Waals surface area contributed by atoms with Crippen LogP contribution in [0, 0.1) is 0 Å². The van der Waals surface area contributed by atoms with Gasteiger partial charge in [-0.15, -0.1) is 0 Å². The van der Waals surface area contributed by atoms with Gasteiger partial charge in [0.1, 0.15) is 0 Å². The van der Waals surface area contributed by atoms with Gasteiger partial charge in [-0.3, -0.25) is 0 Å². The van der Waals surface area contributed by atoms with Crippen molar-refractivity contribution in [2.45, 2.75) is 11.4 Å². The lowest BCUT2D eigenvalue weighted by molar-refractivity contribution is 0.419. The zero-order chi connectivity index (χ0) is 16.0. The maximum atomic E-state index is 12.6. The summed E-state index contributed by atoms with van der Waals surface area (Å²) in [5.41, 5.74) is 6.65. The summed E-state index contributed by atoms with van der Waals surface area (Å²) in [7, 11) is -3.63. The Hall–Kier alpha value is -1.28. The minimum atomic E-state index is -3.63. The number of aromatic nitrogens is 1. The quantitative estimate of drug-likeness (QED) is 0.793. The monoisotopic (exact) mass is 383 g/mol. The lowest BCUT2D eigenvalue weighted by atomic mass is 10.1. The maximum absolute atomic E-state index is 12.6. The molecule has 2 rings (SSSR count). The fourth-order valence-electron chi connectivity index (χ4n) is 2.04. The topological polar surface area (TPSA) is 76.3 Å². The molecule has 0 atom stereocenters. The smallest absolute Gasteiger partial charge is 0.260 e. The molecule has 0 aliphatic rings. The second-order valence-electron chi connectivity index (χ2n) is 4.74. The lowest BCUT2D eigenvalue weighted by Gasteiger charge is -2.21. The van der Waals surface area contributed by atoms with Gasteiger partial charge in [0.05, 0.1) is 0 Å². The molecule has 0 fully saturated rings. The fraction of sp³-hybridized carbons (Fsp3) is 0.267.